The number of carbonyl (C=O) groups is 1. The van der Waals surface area contributed by atoms with E-state index in [1.54, 1.807) is 17.5 Å². The lowest BCUT2D eigenvalue weighted by molar-refractivity contribution is -0.127. The monoisotopic (exact) mass is 431 g/mol. The van der Waals surface area contributed by atoms with Crippen LogP contribution in [0.15, 0.2) is 55.5 Å². The van der Waals surface area contributed by atoms with Crippen molar-refractivity contribution >= 4 is 34.1 Å². The summed E-state index contributed by atoms with van der Waals surface area (Å²) in [6, 6.07) is 9.93. The van der Waals surface area contributed by atoms with Gasteiger partial charge in [-0.05, 0) is 43.2 Å². The van der Waals surface area contributed by atoms with Gasteiger partial charge in [0.15, 0.2) is 5.65 Å². The van der Waals surface area contributed by atoms with E-state index < -0.39 is 0 Å². The molecule has 31 heavy (non-hydrogen) atoms. The Hall–Kier alpha value is -3.59. The van der Waals surface area contributed by atoms with Crippen molar-refractivity contribution in [1.29, 1.82) is 0 Å². The van der Waals surface area contributed by atoms with Crippen LogP contribution in [0, 0.1) is 0 Å². The molecule has 4 aromatic rings. The van der Waals surface area contributed by atoms with Crippen LogP contribution in [0.25, 0.3) is 32.2 Å². The molecule has 1 aliphatic heterocycles. The number of nitrogens with two attached hydrogens (primary N) is 1. The Balaban J connectivity index is 1.58. The van der Waals surface area contributed by atoms with Crippen LogP contribution < -0.4 is 5.73 Å². The Kier molecular flexibility index (Phi) is 4.95. The number of hydrogen-bond acceptors (Lipinski definition) is 7. The third-order valence-corrected chi connectivity index (χ3v) is 6.62. The molecule has 0 spiro atoms. The zero-order valence-electron chi connectivity index (χ0n) is 16.8. The fraction of sp³-hybridized carbons (Fsp3) is 0.227. The van der Waals surface area contributed by atoms with Gasteiger partial charge in [0.2, 0.25) is 5.91 Å². The first-order valence-electron chi connectivity index (χ1n) is 10.1. The smallest absolute Gasteiger partial charge is 0.246 e. The molecule has 1 amide bonds. The van der Waals surface area contributed by atoms with Crippen molar-refractivity contribution in [3.63, 3.8) is 0 Å². The number of thiophene rings is 1. The van der Waals surface area contributed by atoms with E-state index in [4.69, 9.17) is 10.8 Å². The molecule has 1 fully saturated rings. The number of nitrogen functional groups attached to an aromatic ring is 1. The van der Waals surface area contributed by atoms with Gasteiger partial charge in [0, 0.05) is 19.3 Å². The summed E-state index contributed by atoms with van der Waals surface area (Å²) >= 11 is 1.60. The molecule has 0 radical (unpaired) electrons. The third kappa shape index (κ3) is 3.46. The van der Waals surface area contributed by atoms with Crippen molar-refractivity contribution in [2.45, 2.75) is 18.9 Å². The Labute approximate surface area is 183 Å². The predicted octanol–water partition coefficient (Wildman–Crippen LogP) is 3.55. The van der Waals surface area contributed by atoms with E-state index in [0.717, 1.165) is 45.9 Å². The molecule has 0 aliphatic carbocycles. The number of hydrogen-bond donors (Lipinski definition) is 1. The molecule has 4 aromatic heterocycles. The predicted molar refractivity (Wildman–Crippen MR) is 121 cm³/mol. The number of anilines is 1. The molecular weight excluding hydrogens is 410 g/mol. The summed E-state index contributed by atoms with van der Waals surface area (Å²) in [7, 11) is 0. The van der Waals surface area contributed by atoms with E-state index in [1.165, 1.54) is 12.4 Å². The molecule has 2 N–H and O–H groups in total. The first kappa shape index (κ1) is 19.4. The van der Waals surface area contributed by atoms with Crippen LogP contribution in [0.1, 0.15) is 18.9 Å². The standard InChI is InChI=1S/C22H21N7OS/c1-2-18(30)28-11-5-6-14(12-28)29-22-19(21(23)25-13-26-22)20(27-29)17-9-8-16(31-17)15-7-3-4-10-24-15/h2-4,7-10,13-14H,1,5-6,11-12H2,(H2,23,25,26). The van der Waals surface area contributed by atoms with Gasteiger partial charge in [0.05, 0.1) is 26.9 Å². The van der Waals surface area contributed by atoms with E-state index in [1.807, 2.05) is 39.9 Å². The number of pyridine rings is 1. The molecule has 0 aromatic carbocycles. The maximum atomic E-state index is 12.2. The first-order chi connectivity index (χ1) is 15.2. The summed E-state index contributed by atoms with van der Waals surface area (Å²) in [5.41, 5.74) is 8.62. The van der Waals surface area contributed by atoms with Crippen molar-refractivity contribution in [2.75, 3.05) is 18.8 Å². The topological polar surface area (TPSA) is 103 Å². The molecule has 5 rings (SSSR count). The number of amides is 1. The van der Waals surface area contributed by atoms with Gasteiger partial charge in [-0.2, -0.15) is 5.10 Å². The fourth-order valence-corrected chi connectivity index (χ4v) is 4.99. The number of rotatable bonds is 4. The van der Waals surface area contributed by atoms with Gasteiger partial charge >= 0.3 is 0 Å². The van der Waals surface area contributed by atoms with Crippen molar-refractivity contribution in [2.24, 2.45) is 0 Å². The largest absolute Gasteiger partial charge is 0.383 e. The SMILES string of the molecule is C=CC(=O)N1CCCC(n2nc(-c3ccc(-c4ccccn4)s3)c3c(N)ncnc32)C1. The normalized spacial score (nSPS) is 16.5. The lowest BCUT2D eigenvalue weighted by Gasteiger charge is -2.32. The van der Waals surface area contributed by atoms with Crippen molar-refractivity contribution < 1.29 is 4.79 Å². The van der Waals surface area contributed by atoms with Crippen LogP contribution in [-0.2, 0) is 4.79 Å². The van der Waals surface area contributed by atoms with Gasteiger partial charge in [-0.3, -0.25) is 9.78 Å². The lowest BCUT2D eigenvalue weighted by atomic mass is 10.1. The van der Waals surface area contributed by atoms with E-state index in [2.05, 4.69) is 21.5 Å². The van der Waals surface area contributed by atoms with Crippen LogP contribution in [0.2, 0.25) is 0 Å². The number of carbonyl (C=O) groups excluding carboxylic acids is 1. The average molecular weight is 432 g/mol. The Morgan fingerprint density at radius 1 is 1.19 bits per heavy atom. The van der Waals surface area contributed by atoms with Gasteiger partial charge in [0.25, 0.3) is 0 Å². The van der Waals surface area contributed by atoms with Crippen LogP contribution >= 0.6 is 11.3 Å². The summed E-state index contributed by atoms with van der Waals surface area (Å²) in [4.78, 5) is 29.1. The maximum Gasteiger partial charge on any atom is 0.246 e. The van der Waals surface area contributed by atoms with Gasteiger partial charge in [-0.25, -0.2) is 14.6 Å². The number of likely N-dealkylation sites (tertiary alicyclic amines) is 1. The first-order valence-corrected chi connectivity index (χ1v) is 10.9. The second kappa shape index (κ2) is 7.92. The van der Waals surface area contributed by atoms with Crippen LogP contribution in [0.4, 0.5) is 5.82 Å². The minimum atomic E-state index is -0.0613. The van der Waals surface area contributed by atoms with E-state index in [9.17, 15) is 4.79 Å². The highest BCUT2D eigenvalue weighted by Crippen LogP contribution is 2.39. The summed E-state index contributed by atoms with van der Waals surface area (Å²) in [5, 5.41) is 5.67. The molecule has 1 aliphatic rings. The van der Waals surface area contributed by atoms with Crippen molar-refractivity contribution in [3.8, 4) is 21.1 Å². The van der Waals surface area contributed by atoms with Gasteiger partial charge < -0.3 is 10.6 Å². The minimum absolute atomic E-state index is 0.0124. The molecule has 0 bridgehead atoms. The van der Waals surface area contributed by atoms with E-state index in [0.29, 0.717) is 18.0 Å². The Morgan fingerprint density at radius 3 is 2.87 bits per heavy atom. The van der Waals surface area contributed by atoms with Crippen LogP contribution in [0.5, 0.6) is 0 Å². The van der Waals surface area contributed by atoms with Crippen LogP contribution in [-0.4, -0.2) is 48.6 Å². The highest BCUT2D eigenvalue weighted by Gasteiger charge is 2.28. The van der Waals surface area contributed by atoms with Crippen molar-refractivity contribution in [3.05, 3.63) is 55.5 Å². The molecule has 8 nitrogen and oxygen atoms in total. The Morgan fingerprint density at radius 2 is 2.06 bits per heavy atom. The van der Waals surface area contributed by atoms with E-state index in [-0.39, 0.29) is 11.9 Å². The lowest BCUT2D eigenvalue weighted by Crippen LogP contribution is -2.40. The van der Waals surface area contributed by atoms with Gasteiger partial charge in [-0.15, -0.1) is 11.3 Å². The highest BCUT2D eigenvalue weighted by atomic mass is 32.1. The Bertz CT molecular complexity index is 1260. The molecule has 1 atom stereocenters. The average Bonchev–Trinajstić information content (AvgIpc) is 3.45. The van der Waals surface area contributed by atoms with Crippen LogP contribution in [0.3, 0.4) is 0 Å². The summed E-state index contributed by atoms with van der Waals surface area (Å²) in [5.74, 6) is 0.336. The molecule has 9 heteroatoms. The summed E-state index contributed by atoms with van der Waals surface area (Å²) in [6.45, 7) is 4.90. The fourth-order valence-electron chi connectivity index (χ4n) is 4.02. The van der Waals surface area contributed by atoms with Gasteiger partial charge in [0.1, 0.15) is 17.8 Å². The summed E-state index contributed by atoms with van der Waals surface area (Å²) in [6.07, 6.45) is 6.40. The number of nitrogens with zero attached hydrogens (tertiary/aromatic N) is 6. The second-order valence-electron chi connectivity index (χ2n) is 7.41. The zero-order chi connectivity index (χ0) is 21.4. The second-order valence-corrected chi connectivity index (χ2v) is 8.50. The number of fused-ring (bicyclic) bond motifs is 1. The van der Waals surface area contributed by atoms with E-state index >= 15 is 0 Å². The number of piperidine rings is 1. The van der Waals surface area contributed by atoms with Gasteiger partial charge in [-0.1, -0.05) is 12.6 Å². The molecule has 1 saturated heterocycles. The van der Waals surface area contributed by atoms with Crippen molar-refractivity contribution in [1.82, 2.24) is 29.6 Å². The third-order valence-electron chi connectivity index (χ3n) is 5.50. The molecule has 1 unspecified atom stereocenters. The maximum absolute atomic E-state index is 12.2. The minimum Gasteiger partial charge on any atom is -0.383 e. The summed E-state index contributed by atoms with van der Waals surface area (Å²) < 4.78 is 1.91. The highest BCUT2D eigenvalue weighted by molar-refractivity contribution is 7.18. The molecule has 5 heterocycles. The molecule has 0 saturated carbocycles. The zero-order valence-corrected chi connectivity index (χ0v) is 17.6. The molecular formula is C22H21N7OS. The number of aromatic nitrogens is 5. The quantitative estimate of drug-likeness (QED) is 0.496. The molecule has 156 valence electrons.